The summed E-state index contributed by atoms with van der Waals surface area (Å²) in [6.45, 7) is 12.5. The third-order valence-corrected chi connectivity index (χ3v) is 5.20. The lowest BCUT2D eigenvalue weighted by atomic mass is 9.87. The van der Waals surface area contributed by atoms with Gasteiger partial charge in [-0.15, -0.1) is 0 Å². The quantitative estimate of drug-likeness (QED) is 0.440. The molecule has 0 aliphatic rings. The van der Waals surface area contributed by atoms with Crippen LogP contribution in [-0.4, -0.2) is 31.8 Å². The van der Waals surface area contributed by atoms with Crippen LogP contribution in [0.4, 0.5) is 5.69 Å². The van der Waals surface area contributed by atoms with E-state index in [4.69, 9.17) is 4.74 Å². The van der Waals surface area contributed by atoms with Crippen molar-refractivity contribution in [3.05, 3.63) is 58.1 Å². The van der Waals surface area contributed by atoms with Crippen LogP contribution >= 0.6 is 15.9 Å². The molecule has 1 amide bonds. The molecule has 0 atom stereocenters. The Morgan fingerprint density at radius 1 is 1.14 bits per heavy atom. The van der Waals surface area contributed by atoms with E-state index in [0.29, 0.717) is 5.75 Å². The van der Waals surface area contributed by atoms with Crippen LogP contribution in [0.5, 0.6) is 5.75 Å². The summed E-state index contributed by atoms with van der Waals surface area (Å²) in [6.07, 6.45) is 1.62. The monoisotopic (exact) mass is 459 g/mol. The molecule has 0 bridgehead atoms. The van der Waals surface area contributed by atoms with E-state index >= 15 is 0 Å². The standard InChI is InChI=1S/C23H30BrN3O2/c1-6-27(7-2)19-11-8-17(9-12-19)15-25-26-22(28)16-29-21-13-10-18(14-20(21)24)23(3,4)5/h8-15H,6-7,16H2,1-5H3,(H,26,28). The Hall–Kier alpha value is -2.34. The second-order valence-electron chi connectivity index (χ2n) is 7.74. The second-order valence-corrected chi connectivity index (χ2v) is 8.60. The predicted molar refractivity (Wildman–Crippen MR) is 124 cm³/mol. The fraction of sp³-hybridized carbons (Fsp3) is 0.391. The number of hydrogen-bond acceptors (Lipinski definition) is 4. The number of nitrogens with one attached hydrogen (secondary N) is 1. The molecule has 2 rings (SSSR count). The molecule has 0 aliphatic carbocycles. The summed E-state index contributed by atoms with van der Waals surface area (Å²) >= 11 is 3.51. The molecule has 1 N–H and O–H groups in total. The molecule has 0 aliphatic heterocycles. The highest BCUT2D eigenvalue weighted by molar-refractivity contribution is 9.10. The van der Waals surface area contributed by atoms with Crippen LogP contribution in [0.1, 0.15) is 45.7 Å². The van der Waals surface area contributed by atoms with Crippen LogP contribution in [0.15, 0.2) is 52.0 Å². The van der Waals surface area contributed by atoms with Gasteiger partial charge in [0.2, 0.25) is 0 Å². The molecule has 5 nitrogen and oxygen atoms in total. The molecule has 0 aromatic heterocycles. The van der Waals surface area contributed by atoms with Crippen molar-refractivity contribution >= 4 is 33.7 Å². The van der Waals surface area contributed by atoms with Gasteiger partial charge >= 0.3 is 0 Å². The Morgan fingerprint density at radius 2 is 1.79 bits per heavy atom. The number of ether oxygens (including phenoxy) is 1. The first-order chi connectivity index (χ1) is 13.7. The number of carbonyl (C=O) groups excluding carboxylic acids is 1. The Morgan fingerprint density at radius 3 is 2.34 bits per heavy atom. The van der Waals surface area contributed by atoms with Crippen LogP contribution in [0.25, 0.3) is 0 Å². The summed E-state index contributed by atoms with van der Waals surface area (Å²) < 4.78 is 6.43. The second kappa shape index (κ2) is 10.4. The Balaban J connectivity index is 1.85. The van der Waals surface area contributed by atoms with E-state index in [0.717, 1.165) is 23.1 Å². The molecule has 2 aromatic rings. The minimum Gasteiger partial charge on any atom is -0.483 e. The number of anilines is 1. The van der Waals surface area contributed by atoms with Crippen LogP contribution in [0, 0.1) is 0 Å². The molecule has 29 heavy (non-hydrogen) atoms. The number of rotatable bonds is 8. The van der Waals surface area contributed by atoms with Gasteiger partial charge in [-0.3, -0.25) is 4.79 Å². The summed E-state index contributed by atoms with van der Waals surface area (Å²) in [4.78, 5) is 14.3. The number of carbonyl (C=O) groups is 1. The predicted octanol–water partition coefficient (Wildman–Crippen LogP) is 5.12. The highest BCUT2D eigenvalue weighted by atomic mass is 79.9. The van der Waals surface area contributed by atoms with Gasteiger partial charge < -0.3 is 9.64 Å². The fourth-order valence-corrected chi connectivity index (χ4v) is 3.29. The van der Waals surface area contributed by atoms with Crippen molar-refractivity contribution in [2.24, 2.45) is 5.10 Å². The molecular formula is C23H30BrN3O2. The fourth-order valence-electron chi connectivity index (χ4n) is 2.80. The first kappa shape index (κ1) is 22.9. The summed E-state index contributed by atoms with van der Waals surface area (Å²) in [7, 11) is 0. The van der Waals surface area contributed by atoms with Gasteiger partial charge in [0, 0.05) is 18.8 Å². The topological polar surface area (TPSA) is 53.9 Å². The van der Waals surface area contributed by atoms with Crippen LogP contribution in [0.3, 0.4) is 0 Å². The number of benzene rings is 2. The van der Waals surface area contributed by atoms with E-state index in [1.165, 1.54) is 11.3 Å². The third-order valence-electron chi connectivity index (χ3n) is 4.58. The molecule has 0 spiro atoms. The molecule has 0 heterocycles. The largest absolute Gasteiger partial charge is 0.483 e. The van der Waals surface area contributed by atoms with Gasteiger partial charge in [-0.05, 0) is 70.6 Å². The zero-order valence-corrected chi connectivity index (χ0v) is 19.4. The van der Waals surface area contributed by atoms with Crippen molar-refractivity contribution < 1.29 is 9.53 Å². The van der Waals surface area contributed by atoms with E-state index < -0.39 is 0 Å². The Bertz CT molecular complexity index is 838. The van der Waals surface area contributed by atoms with Gasteiger partial charge in [0.05, 0.1) is 10.7 Å². The van der Waals surface area contributed by atoms with Gasteiger partial charge in [-0.1, -0.05) is 39.0 Å². The summed E-state index contributed by atoms with van der Waals surface area (Å²) in [5.74, 6) is 0.317. The number of hydrazone groups is 1. The molecule has 0 saturated carbocycles. The Labute approximate surface area is 182 Å². The van der Waals surface area contributed by atoms with Gasteiger partial charge in [0.25, 0.3) is 5.91 Å². The van der Waals surface area contributed by atoms with Crippen LogP contribution < -0.4 is 15.1 Å². The summed E-state index contributed by atoms with van der Waals surface area (Å²) in [5, 5.41) is 4.01. The van der Waals surface area contributed by atoms with E-state index in [2.05, 4.69) is 78.1 Å². The smallest absolute Gasteiger partial charge is 0.277 e. The number of nitrogens with zero attached hydrogens (tertiary/aromatic N) is 2. The maximum atomic E-state index is 12.0. The average Bonchev–Trinajstić information content (AvgIpc) is 2.68. The number of amides is 1. The van der Waals surface area contributed by atoms with E-state index in [1.807, 2.05) is 30.3 Å². The highest BCUT2D eigenvalue weighted by Gasteiger charge is 2.15. The molecule has 0 saturated heterocycles. The van der Waals surface area contributed by atoms with Gasteiger partial charge in [-0.2, -0.15) is 5.10 Å². The van der Waals surface area contributed by atoms with Crippen molar-refractivity contribution in [3.63, 3.8) is 0 Å². The number of halogens is 1. The lowest BCUT2D eigenvalue weighted by molar-refractivity contribution is -0.123. The van der Waals surface area contributed by atoms with E-state index in [1.54, 1.807) is 6.21 Å². The van der Waals surface area contributed by atoms with Gasteiger partial charge in [-0.25, -0.2) is 5.43 Å². The first-order valence-corrected chi connectivity index (χ1v) is 10.6. The van der Waals surface area contributed by atoms with Crippen molar-refractivity contribution in [1.29, 1.82) is 0 Å². The van der Waals surface area contributed by atoms with Crippen molar-refractivity contribution in [1.82, 2.24) is 5.43 Å². The van der Waals surface area contributed by atoms with E-state index in [-0.39, 0.29) is 17.9 Å². The molecule has 2 aromatic carbocycles. The summed E-state index contributed by atoms with van der Waals surface area (Å²) in [5.41, 5.74) is 5.83. The molecule has 0 radical (unpaired) electrons. The molecule has 0 fully saturated rings. The third kappa shape index (κ3) is 6.89. The maximum absolute atomic E-state index is 12.0. The van der Waals surface area contributed by atoms with Crippen molar-refractivity contribution in [2.75, 3.05) is 24.6 Å². The first-order valence-electron chi connectivity index (χ1n) is 9.84. The zero-order chi connectivity index (χ0) is 21.4. The molecule has 156 valence electrons. The molecule has 0 unspecified atom stereocenters. The van der Waals surface area contributed by atoms with Crippen LogP contribution in [-0.2, 0) is 10.2 Å². The Kier molecular flexibility index (Phi) is 8.26. The van der Waals surface area contributed by atoms with Gasteiger partial charge in [0.15, 0.2) is 6.61 Å². The lowest BCUT2D eigenvalue weighted by Gasteiger charge is -2.20. The summed E-state index contributed by atoms with van der Waals surface area (Å²) in [6, 6.07) is 14.0. The lowest BCUT2D eigenvalue weighted by Crippen LogP contribution is -2.24. The maximum Gasteiger partial charge on any atom is 0.277 e. The molecular weight excluding hydrogens is 430 g/mol. The molecule has 6 heteroatoms. The average molecular weight is 460 g/mol. The number of hydrogen-bond donors (Lipinski definition) is 1. The van der Waals surface area contributed by atoms with Crippen molar-refractivity contribution in [3.8, 4) is 5.75 Å². The van der Waals surface area contributed by atoms with Crippen LogP contribution in [0.2, 0.25) is 0 Å². The van der Waals surface area contributed by atoms with Crippen molar-refractivity contribution in [2.45, 2.75) is 40.0 Å². The van der Waals surface area contributed by atoms with Gasteiger partial charge in [0.1, 0.15) is 5.75 Å². The highest BCUT2D eigenvalue weighted by Crippen LogP contribution is 2.31. The minimum atomic E-state index is -0.312. The van der Waals surface area contributed by atoms with E-state index in [9.17, 15) is 4.79 Å². The minimum absolute atomic E-state index is 0.0523. The SMILES string of the molecule is CCN(CC)c1ccc(C=NNC(=O)COc2ccc(C(C)(C)C)cc2Br)cc1. The zero-order valence-electron chi connectivity index (χ0n) is 17.8. The normalized spacial score (nSPS) is 11.5.